The Kier molecular flexibility index (Phi) is 2.71. The summed E-state index contributed by atoms with van der Waals surface area (Å²) in [7, 11) is 1.82. The highest BCUT2D eigenvalue weighted by Crippen LogP contribution is 2.44. The van der Waals surface area contributed by atoms with Crippen LogP contribution < -0.4 is 5.73 Å². The van der Waals surface area contributed by atoms with Gasteiger partial charge >= 0.3 is 6.03 Å². The highest BCUT2D eigenvalue weighted by Gasteiger charge is 2.49. The maximum Gasteiger partial charge on any atom is 0.345 e. The van der Waals surface area contributed by atoms with Gasteiger partial charge in [-0.25, -0.2) is 4.79 Å². The molecule has 96 valence electrons. The minimum atomic E-state index is -0.279. The normalized spacial score (nSPS) is 34.4. The number of hydrogen-bond acceptors (Lipinski definition) is 2. The Morgan fingerprint density at radius 1 is 1.35 bits per heavy atom. The number of carbonyl (C=O) groups excluding carboxylic acids is 1. The van der Waals surface area contributed by atoms with Crippen molar-refractivity contribution in [1.82, 2.24) is 4.90 Å². The van der Waals surface area contributed by atoms with Gasteiger partial charge in [-0.3, -0.25) is 0 Å². The number of nitrogens with zero attached hydrogens (tertiary/aromatic N) is 2. The third-order valence-electron chi connectivity index (χ3n) is 4.66. The summed E-state index contributed by atoms with van der Waals surface area (Å²) < 4.78 is 0. The fourth-order valence-electron chi connectivity index (χ4n) is 3.19. The Morgan fingerprint density at radius 3 is 2.24 bits per heavy atom. The van der Waals surface area contributed by atoms with Crippen LogP contribution in [0.4, 0.5) is 4.79 Å². The van der Waals surface area contributed by atoms with Crippen LogP contribution in [-0.4, -0.2) is 29.4 Å². The van der Waals surface area contributed by atoms with Crippen molar-refractivity contribution >= 4 is 11.9 Å². The highest BCUT2D eigenvalue weighted by molar-refractivity contribution is 6.05. The lowest BCUT2D eigenvalue weighted by molar-refractivity contribution is 0.101. The zero-order valence-electron chi connectivity index (χ0n) is 11.3. The quantitative estimate of drug-likeness (QED) is 0.703. The molecule has 1 saturated carbocycles. The molecule has 17 heavy (non-hydrogen) atoms. The van der Waals surface area contributed by atoms with Crippen molar-refractivity contribution in [3.8, 4) is 0 Å². The number of rotatable bonds is 0. The SMILES string of the molecule is CN1C(=O)N=C(N)C12CCC(C(C)(C)C)CC2. The zero-order valence-corrected chi connectivity index (χ0v) is 11.3. The van der Waals surface area contributed by atoms with Crippen molar-refractivity contribution < 1.29 is 4.79 Å². The minimum absolute atomic E-state index is 0.184. The number of hydrogen-bond donors (Lipinski definition) is 1. The summed E-state index contributed by atoms with van der Waals surface area (Å²) in [6.45, 7) is 6.86. The molecular formula is C13H23N3O. The monoisotopic (exact) mass is 237 g/mol. The van der Waals surface area contributed by atoms with Gasteiger partial charge in [0, 0.05) is 7.05 Å². The first-order chi connectivity index (χ1) is 7.77. The maximum atomic E-state index is 11.6. The highest BCUT2D eigenvalue weighted by atomic mass is 16.2. The molecule has 0 aromatic heterocycles. The molecule has 2 N–H and O–H groups in total. The number of aliphatic imine (C=N–C) groups is 1. The van der Waals surface area contributed by atoms with Crippen LogP contribution >= 0.6 is 0 Å². The van der Waals surface area contributed by atoms with Crippen molar-refractivity contribution in [1.29, 1.82) is 0 Å². The van der Waals surface area contributed by atoms with E-state index in [9.17, 15) is 4.79 Å². The molecule has 0 atom stereocenters. The number of amides is 2. The van der Waals surface area contributed by atoms with Gasteiger partial charge in [0.25, 0.3) is 0 Å². The van der Waals surface area contributed by atoms with Crippen LogP contribution in [0.25, 0.3) is 0 Å². The molecule has 0 saturated heterocycles. The van der Waals surface area contributed by atoms with Crippen LogP contribution in [0.2, 0.25) is 0 Å². The van der Waals surface area contributed by atoms with Crippen LogP contribution in [0.3, 0.4) is 0 Å². The van der Waals surface area contributed by atoms with E-state index < -0.39 is 0 Å². The molecule has 1 heterocycles. The molecule has 0 radical (unpaired) electrons. The number of amidine groups is 1. The second-order valence-corrected chi connectivity index (χ2v) is 6.51. The number of nitrogens with two attached hydrogens (primary N) is 1. The zero-order chi connectivity index (χ0) is 12.8. The van der Waals surface area contributed by atoms with E-state index in [4.69, 9.17) is 5.73 Å². The molecule has 0 aromatic rings. The molecular weight excluding hydrogens is 214 g/mol. The van der Waals surface area contributed by atoms with Gasteiger partial charge in [-0.05, 0) is 37.0 Å². The van der Waals surface area contributed by atoms with E-state index in [-0.39, 0.29) is 11.6 Å². The summed E-state index contributed by atoms with van der Waals surface area (Å²) in [5.74, 6) is 1.24. The molecule has 4 heteroatoms. The Hall–Kier alpha value is -1.06. The number of carbonyl (C=O) groups is 1. The number of likely N-dealkylation sites (N-methyl/N-ethyl adjacent to an activating group) is 1. The van der Waals surface area contributed by atoms with Crippen molar-refractivity contribution in [2.45, 2.75) is 52.0 Å². The van der Waals surface area contributed by atoms with E-state index in [2.05, 4.69) is 25.8 Å². The maximum absolute atomic E-state index is 11.6. The lowest BCUT2D eigenvalue weighted by Gasteiger charge is -2.44. The van der Waals surface area contributed by atoms with Gasteiger partial charge in [0.15, 0.2) is 0 Å². The average molecular weight is 237 g/mol. The van der Waals surface area contributed by atoms with Crippen molar-refractivity contribution in [2.24, 2.45) is 22.1 Å². The number of urea groups is 1. The average Bonchev–Trinajstić information content (AvgIpc) is 2.43. The van der Waals surface area contributed by atoms with E-state index in [1.54, 1.807) is 4.90 Å². The Balaban J connectivity index is 2.14. The van der Waals surface area contributed by atoms with E-state index in [1.165, 1.54) is 0 Å². The third kappa shape index (κ3) is 1.83. The van der Waals surface area contributed by atoms with Gasteiger partial charge < -0.3 is 10.6 Å². The third-order valence-corrected chi connectivity index (χ3v) is 4.66. The molecule has 1 aliphatic carbocycles. The second kappa shape index (κ2) is 3.72. The van der Waals surface area contributed by atoms with Crippen molar-refractivity contribution in [3.05, 3.63) is 0 Å². The minimum Gasteiger partial charge on any atom is -0.385 e. The standard InChI is InChI=1S/C13H23N3O/c1-12(2,3)9-5-7-13(8-6-9)10(14)15-11(17)16(13)4/h9H,5-8H2,1-4H3,(H2,14,15,17). The molecule has 1 fully saturated rings. The predicted molar refractivity (Wildman–Crippen MR) is 68.9 cm³/mol. The summed E-state index contributed by atoms with van der Waals surface area (Å²) in [5, 5.41) is 0. The lowest BCUT2D eigenvalue weighted by Crippen LogP contribution is -2.55. The topological polar surface area (TPSA) is 58.7 Å². The smallest absolute Gasteiger partial charge is 0.345 e. The molecule has 1 spiro atoms. The van der Waals surface area contributed by atoms with Crippen molar-refractivity contribution in [2.75, 3.05) is 7.05 Å². The van der Waals surface area contributed by atoms with Gasteiger partial charge in [-0.15, -0.1) is 0 Å². The molecule has 0 unspecified atom stereocenters. The van der Waals surface area contributed by atoms with Gasteiger partial charge in [-0.1, -0.05) is 20.8 Å². The molecule has 0 aromatic carbocycles. The fraction of sp³-hybridized carbons (Fsp3) is 0.846. The molecule has 2 amide bonds. The first kappa shape index (κ1) is 12.4. The summed E-state index contributed by atoms with van der Waals surface area (Å²) in [5.41, 5.74) is 6.03. The summed E-state index contributed by atoms with van der Waals surface area (Å²) in [6.07, 6.45) is 4.15. The fourth-order valence-corrected chi connectivity index (χ4v) is 3.19. The molecule has 2 aliphatic rings. The van der Waals surface area contributed by atoms with E-state index in [1.807, 2.05) is 7.05 Å². The Labute approximate surface area is 103 Å². The van der Waals surface area contributed by atoms with Crippen LogP contribution in [0, 0.1) is 11.3 Å². The second-order valence-electron chi connectivity index (χ2n) is 6.51. The lowest BCUT2D eigenvalue weighted by atomic mass is 9.67. The molecule has 4 nitrogen and oxygen atoms in total. The van der Waals surface area contributed by atoms with Crippen LogP contribution in [0.1, 0.15) is 46.5 Å². The first-order valence-corrected chi connectivity index (χ1v) is 6.40. The van der Waals surface area contributed by atoms with Gasteiger partial charge in [0.2, 0.25) is 0 Å². The van der Waals surface area contributed by atoms with Crippen molar-refractivity contribution in [3.63, 3.8) is 0 Å². The summed E-state index contributed by atoms with van der Waals surface area (Å²) in [4.78, 5) is 17.2. The van der Waals surface area contributed by atoms with Gasteiger partial charge in [-0.2, -0.15) is 4.99 Å². The Bertz CT molecular complexity index is 359. The predicted octanol–water partition coefficient (Wildman–Crippen LogP) is 2.38. The Morgan fingerprint density at radius 2 is 1.88 bits per heavy atom. The van der Waals surface area contributed by atoms with E-state index >= 15 is 0 Å². The molecule has 0 bridgehead atoms. The van der Waals surface area contributed by atoms with Gasteiger partial charge in [0.05, 0.1) is 0 Å². The molecule has 1 aliphatic heterocycles. The summed E-state index contributed by atoms with van der Waals surface area (Å²) >= 11 is 0. The largest absolute Gasteiger partial charge is 0.385 e. The molecule has 2 rings (SSSR count). The van der Waals surface area contributed by atoms with E-state index in [0.29, 0.717) is 17.2 Å². The van der Waals surface area contributed by atoms with Crippen LogP contribution in [-0.2, 0) is 0 Å². The van der Waals surface area contributed by atoms with Crippen LogP contribution in [0.15, 0.2) is 4.99 Å². The van der Waals surface area contributed by atoms with E-state index in [0.717, 1.165) is 25.7 Å². The van der Waals surface area contributed by atoms with Gasteiger partial charge in [0.1, 0.15) is 11.4 Å². The van der Waals surface area contributed by atoms with Crippen LogP contribution in [0.5, 0.6) is 0 Å². The summed E-state index contributed by atoms with van der Waals surface area (Å²) in [6, 6.07) is -0.184. The first-order valence-electron chi connectivity index (χ1n) is 6.40.